The minimum atomic E-state index is -3.21. The van der Waals surface area contributed by atoms with Crippen LogP contribution in [0.5, 0.6) is 5.75 Å². The molecule has 1 amide bonds. The van der Waals surface area contributed by atoms with E-state index in [1.807, 2.05) is 62.4 Å². The number of hydrogen-bond acceptors (Lipinski definition) is 4. The molecule has 0 spiro atoms. The number of hydrogen-bond donors (Lipinski definition) is 2. The van der Waals surface area contributed by atoms with Crippen LogP contribution in [0.4, 0.5) is 0 Å². The van der Waals surface area contributed by atoms with Crippen LogP contribution < -0.4 is 14.8 Å². The van der Waals surface area contributed by atoms with Crippen molar-refractivity contribution in [2.75, 3.05) is 25.4 Å². The van der Waals surface area contributed by atoms with Crippen molar-refractivity contribution >= 4 is 26.7 Å². The molecule has 32 heavy (non-hydrogen) atoms. The SMILES string of the molecule is CCCS(=O)(=O)NCC(C)c1ccc2cc(OCCNC(=O)c3ccccc3)ccc2c1. The Bertz CT molecular complexity index is 1150. The van der Waals surface area contributed by atoms with Crippen molar-refractivity contribution in [3.05, 3.63) is 77.9 Å². The Hall–Kier alpha value is -2.90. The molecule has 0 fully saturated rings. The van der Waals surface area contributed by atoms with Gasteiger partial charge in [-0.05, 0) is 52.9 Å². The average Bonchev–Trinajstić information content (AvgIpc) is 2.80. The third-order valence-corrected chi connectivity index (χ3v) is 6.73. The van der Waals surface area contributed by atoms with Crippen molar-refractivity contribution in [1.29, 1.82) is 0 Å². The number of benzene rings is 3. The molecule has 2 N–H and O–H groups in total. The number of ether oxygens (including phenoxy) is 1. The van der Waals surface area contributed by atoms with E-state index in [4.69, 9.17) is 4.74 Å². The summed E-state index contributed by atoms with van der Waals surface area (Å²) in [5.41, 5.74) is 1.70. The van der Waals surface area contributed by atoms with E-state index >= 15 is 0 Å². The Labute approximate surface area is 190 Å². The van der Waals surface area contributed by atoms with Gasteiger partial charge >= 0.3 is 0 Å². The molecule has 1 unspecified atom stereocenters. The van der Waals surface area contributed by atoms with Gasteiger partial charge in [0.25, 0.3) is 5.91 Å². The van der Waals surface area contributed by atoms with Crippen molar-refractivity contribution in [3.8, 4) is 5.75 Å². The Morgan fingerprint density at radius 2 is 1.72 bits per heavy atom. The molecule has 3 aromatic rings. The largest absolute Gasteiger partial charge is 0.492 e. The third-order valence-electron chi connectivity index (χ3n) is 5.18. The number of rotatable bonds is 11. The van der Waals surface area contributed by atoms with Crippen molar-refractivity contribution in [1.82, 2.24) is 10.0 Å². The van der Waals surface area contributed by atoms with Crippen LogP contribution in [0.25, 0.3) is 10.8 Å². The molecule has 0 heterocycles. The summed E-state index contributed by atoms with van der Waals surface area (Å²) in [6, 6.07) is 21.1. The van der Waals surface area contributed by atoms with Crippen LogP contribution >= 0.6 is 0 Å². The third kappa shape index (κ3) is 6.80. The molecule has 0 aliphatic rings. The predicted molar refractivity (Wildman–Crippen MR) is 129 cm³/mol. The zero-order chi connectivity index (χ0) is 23.0. The van der Waals surface area contributed by atoms with E-state index in [-0.39, 0.29) is 17.6 Å². The highest BCUT2D eigenvalue weighted by atomic mass is 32.2. The van der Waals surface area contributed by atoms with Crippen LogP contribution in [-0.4, -0.2) is 39.8 Å². The fourth-order valence-electron chi connectivity index (χ4n) is 3.37. The lowest BCUT2D eigenvalue weighted by Gasteiger charge is -2.14. The molecule has 1 atom stereocenters. The molecule has 0 radical (unpaired) electrons. The minimum absolute atomic E-state index is 0.0650. The normalized spacial score (nSPS) is 12.4. The molecule has 0 saturated carbocycles. The molecule has 3 rings (SSSR count). The second kappa shape index (κ2) is 11.1. The van der Waals surface area contributed by atoms with Gasteiger partial charge in [-0.15, -0.1) is 0 Å². The summed E-state index contributed by atoms with van der Waals surface area (Å²) >= 11 is 0. The van der Waals surface area contributed by atoms with Gasteiger partial charge in [0.15, 0.2) is 0 Å². The zero-order valence-electron chi connectivity index (χ0n) is 18.5. The van der Waals surface area contributed by atoms with E-state index in [9.17, 15) is 13.2 Å². The summed E-state index contributed by atoms with van der Waals surface area (Å²) in [7, 11) is -3.21. The monoisotopic (exact) mass is 454 g/mol. The quantitative estimate of drug-likeness (QED) is 0.428. The van der Waals surface area contributed by atoms with E-state index in [2.05, 4.69) is 16.1 Å². The summed E-state index contributed by atoms with van der Waals surface area (Å²) < 4.78 is 32.2. The predicted octanol–water partition coefficient (Wildman–Crippen LogP) is 4.08. The second-order valence-electron chi connectivity index (χ2n) is 7.81. The fourth-order valence-corrected chi connectivity index (χ4v) is 4.56. The summed E-state index contributed by atoms with van der Waals surface area (Å²) in [4.78, 5) is 12.0. The highest BCUT2D eigenvalue weighted by Gasteiger charge is 2.13. The van der Waals surface area contributed by atoms with Gasteiger partial charge in [0.2, 0.25) is 10.0 Å². The highest BCUT2D eigenvalue weighted by Crippen LogP contribution is 2.25. The van der Waals surface area contributed by atoms with Crippen LogP contribution in [-0.2, 0) is 10.0 Å². The first-order valence-corrected chi connectivity index (χ1v) is 12.5. The summed E-state index contributed by atoms with van der Waals surface area (Å²) in [5.74, 6) is 0.831. The van der Waals surface area contributed by atoms with Gasteiger partial charge in [-0.25, -0.2) is 13.1 Å². The zero-order valence-corrected chi connectivity index (χ0v) is 19.3. The van der Waals surface area contributed by atoms with Gasteiger partial charge in [-0.2, -0.15) is 0 Å². The van der Waals surface area contributed by atoms with E-state index in [1.54, 1.807) is 12.1 Å². The molecule has 3 aromatic carbocycles. The number of sulfonamides is 1. The Morgan fingerprint density at radius 1 is 1.00 bits per heavy atom. The van der Waals surface area contributed by atoms with Gasteiger partial charge in [-0.1, -0.05) is 56.3 Å². The van der Waals surface area contributed by atoms with Gasteiger partial charge in [0.1, 0.15) is 12.4 Å². The van der Waals surface area contributed by atoms with Crippen LogP contribution in [0.1, 0.15) is 42.1 Å². The maximum atomic E-state index is 12.0. The lowest BCUT2D eigenvalue weighted by atomic mass is 9.98. The lowest BCUT2D eigenvalue weighted by molar-refractivity contribution is 0.0947. The first-order chi connectivity index (χ1) is 15.4. The maximum absolute atomic E-state index is 12.0. The van der Waals surface area contributed by atoms with Crippen molar-refractivity contribution in [2.24, 2.45) is 0 Å². The van der Waals surface area contributed by atoms with Crippen molar-refractivity contribution in [2.45, 2.75) is 26.2 Å². The lowest BCUT2D eigenvalue weighted by Crippen LogP contribution is -2.29. The van der Waals surface area contributed by atoms with E-state index in [0.717, 1.165) is 22.1 Å². The first-order valence-electron chi connectivity index (χ1n) is 10.8. The molecule has 0 saturated heterocycles. The van der Waals surface area contributed by atoms with E-state index in [0.29, 0.717) is 31.7 Å². The van der Waals surface area contributed by atoms with Crippen LogP contribution in [0.3, 0.4) is 0 Å². The fraction of sp³-hybridized carbons (Fsp3) is 0.320. The average molecular weight is 455 g/mol. The number of carbonyl (C=O) groups is 1. The Balaban J connectivity index is 1.53. The molecule has 0 aromatic heterocycles. The topological polar surface area (TPSA) is 84.5 Å². The first kappa shape index (κ1) is 23.8. The standard InChI is InChI=1S/C25H30N2O4S/c1-3-15-32(29,30)27-18-19(2)21-9-10-23-17-24(12-11-22(23)16-21)31-14-13-26-25(28)20-7-5-4-6-8-20/h4-12,16-17,19,27H,3,13-15,18H2,1-2H3,(H,26,28). The number of carbonyl (C=O) groups excluding carboxylic acids is 1. The van der Waals surface area contributed by atoms with Gasteiger partial charge in [-0.3, -0.25) is 4.79 Å². The molecular weight excluding hydrogens is 424 g/mol. The highest BCUT2D eigenvalue weighted by molar-refractivity contribution is 7.89. The smallest absolute Gasteiger partial charge is 0.251 e. The maximum Gasteiger partial charge on any atom is 0.251 e. The molecule has 170 valence electrons. The second-order valence-corrected chi connectivity index (χ2v) is 9.73. The van der Waals surface area contributed by atoms with E-state index < -0.39 is 10.0 Å². The summed E-state index contributed by atoms with van der Waals surface area (Å²) in [6.07, 6.45) is 0.601. The van der Waals surface area contributed by atoms with Crippen molar-refractivity contribution < 1.29 is 17.9 Å². The molecule has 7 heteroatoms. The molecule has 0 bridgehead atoms. The number of fused-ring (bicyclic) bond motifs is 1. The van der Waals surface area contributed by atoms with Crippen LogP contribution in [0, 0.1) is 0 Å². The molecular formula is C25H30N2O4S. The Morgan fingerprint density at radius 3 is 2.47 bits per heavy atom. The van der Waals surface area contributed by atoms with Gasteiger partial charge < -0.3 is 10.1 Å². The Kier molecular flexibility index (Phi) is 8.25. The van der Waals surface area contributed by atoms with Gasteiger partial charge in [0.05, 0.1) is 12.3 Å². The van der Waals surface area contributed by atoms with Crippen LogP contribution in [0.2, 0.25) is 0 Å². The summed E-state index contributed by atoms with van der Waals surface area (Å²) in [6.45, 7) is 5.03. The molecule has 6 nitrogen and oxygen atoms in total. The molecule has 0 aliphatic carbocycles. The van der Waals surface area contributed by atoms with Crippen LogP contribution in [0.15, 0.2) is 66.7 Å². The van der Waals surface area contributed by atoms with Crippen molar-refractivity contribution in [3.63, 3.8) is 0 Å². The minimum Gasteiger partial charge on any atom is -0.492 e. The summed E-state index contributed by atoms with van der Waals surface area (Å²) in [5, 5.41) is 4.95. The molecule has 0 aliphatic heterocycles. The number of nitrogens with one attached hydrogen (secondary N) is 2. The number of amides is 1. The van der Waals surface area contributed by atoms with Gasteiger partial charge in [0, 0.05) is 12.1 Å². The van der Waals surface area contributed by atoms with E-state index in [1.165, 1.54) is 0 Å².